The van der Waals surface area contributed by atoms with Gasteiger partial charge in [-0.2, -0.15) is 0 Å². The number of hydrogen-bond acceptors (Lipinski definition) is 4. The van der Waals surface area contributed by atoms with Gasteiger partial charge in [-0.25, -0.2) is 0 Å². The molecule has 0 spiro atoms. The van der Waals surface area contributed by atoms with Crippen LogP contribution >= 0.6 is 11.6 Å². The van der Waals surface area contributed by atoms with E-state index in [4.69, 9.17) is 16.4 Å². The zero-order valence-corrected chi connectivity index (χ0v) is 15.8. The number of pyridine rings is 1. The second-order valence-corrected chi connectivity index (χ2v) is 7.56. The van der Waals surface area contributed by atoms with Gasteiger partial charge in [-0.05, 0) is 36.6 Å². The zero-order chi connectivity index (χ0) is 18.6. The van der Waals surface area contributed by atoms with E-state index in [-0.39, 0.29) is 17.9 Å². The Morgan fingerprint density at radius 3 is 2.78 bits per heavy atom. The van der Waals surface area contributed by atoms with Gasteiger partial charge in [0.05, 0.1) is 12.3 Å². The van der Waals surface area contributed by atoms with Gasteiger partial charge in [0.15, 0.2) is 6.10 Å². The average Bonchev–Trinajstić information content (AvgIpc) is 3.11. The molecule has 0 N–H and O–H groups in total. The molecule has 1 aliphatic carbocycles. The van der Waals surface area contributed by atoms with Crippen LogP contribution in [-0.2, 0) is 16.2 Å². The van der Waals surface area contributed by atoms with Crippen molar-refractivity contribution in [2.45, 2.75) is 38.3 Å². The summed E-state index contributed by atoms with van der Waals surface area (Å²) in [6, 6.07) is 11.5. The Morgan fingerprint density at radius 1 is 1.22 bits per heavy atom. The van der Waals surface area contributed by atoms with Gasteiger partial charge in [-0.15, -0.1) is 0 Å². The molecule has 0 saturated heterocycles. The Hall–Kier alpha value is -2.40. The number of rotatable bonds is 6. The molecular weight excluding hydrogens is 362 g/mol. The standard InChI is InChI=1S/C21H22ClN3O2/c22-19-9-2-1-5-17(19)13-25(21(26)15-6-3-7-15)14-18-11-20(24-27-18)16-8-4-10-23-12-16/h1-2,4-5,8-10,12,15,18H,3,6-7,11,13-14H2/t18-/m1/s1. The number of hydrogen-bond donors (Lipinski definition) is 0. The molecule has 4 rings (SSSR count). The van der Waals surface area contributed by atoms with Crippen LogP contribution in [0.4, 0.5) is 0 Å². The van der Waals surface area contributed by atoms with Crippen LogP contribution in [-0.4, -0.2) is 34.2 Å². The number of nitrogens with zero attached hydrogens (tertiary/aromatic N) is 3. The van der Waals surface area contributed by atoms with Crippen molar-refractivity contribution in [3.05, 3.63) is 64.9 Å². The molecule has 1 aliphatic heterocycles. The van der Waals surface area contributed by atoms with Crippen LogP contribution in [0.25, 0.3) is 0 Å². The van der Waals surface area contributed by atoms with Gasteiger partial charge in [0.1, 0.15) is 0 Å². The number of amides is 1. The van der Waals surface area contributed by atoms with E-state index in [0.717, 1.165) is 36.1 Å². The van der Waals surface area contributed by atoms with Crippen molar-refractivity contribution in [2.24, 2.45) is 11.1 Å². The molecule has 2 heterocycles. The lowest BCUT2D eigenvalue weighted by molar-refractivity contribution is -0.140. The smallest absolute Gasteiger partial charge is 0.226 e. The van der Waals surface area contributed by atoms with E-state index in [2.05, 4.69) is 10.1 Å². The maximum absolute atomic E-state index is 13.0. The minimum absolute atomic E-state index is 0.132. The highest BCUT2D eigenvalue weighted by Crippen LogP contribution is 2.30. The molecule has 0 bridgehead atoms. The highest BCUT2D eigenvalue weighted by molar-refractivity contribution is 6.31. The number of halogens is 1. The zero-order valence-electron chi connectivity index (χ0n) is 15.1. The molecule has 1 aromatic carbocycles. The summed E-state index contributed by atoms with van der Waals surface area (Å²) < 4.78 is 0. The van der Waals surface area contributed by atoms with Gasteiger partial charge in [-0.3, -0.25) is 9.78 Å². The number of carbonyl (C=O) groups is 1. The summed E-state index contributed by atoms with van der Waals surface area (Å²) in [7, 11) is 0. The monoisotopic (exact) mass is 383 g/mol. The third-order valence-corrected chi connectivity index (χ3v) is 5.61. The van der Waals surface area contributed by atoms with Crippen molar-refractivity contribution in [1.82, 2.24) is 9.88 Å². The van der Waals surface area contributed by atoms with Crippen LogP contribution in [0.5, 0.6) is 0 Å². The van der Waals surface area contributed by atoms with Crippen molar-refractivity contribution >= 4 is 23.2 Å². The SMILES string of the molecule is O=C(C1CCC1)N(Cc1ccccc1Cl)C[C@H]1CC(c2cccnc2)=NO1. The van der Waals surface area contributed by atoms with Crippen molar-refractivity contribution < 1.29 is 9.63 Å². The van der Waals surface area contributed by atoms with E-state index in [1.807, 2.05) is 41.3 Å². The van der Waals surface area contributed by atoms with E-state index >= 15 is 0 Å². The highest BCUT2D eigenvalue weighted by atomic mass is 35.5. The van der Waals surface area contributed by atoms with Gasteiger partial charge >= 0.3 is 0 Å². The summed E-state index contributed by atoms with van der Waals surface area (Å²) in [5.74, 6) is 0.326. The summed E-state index contributed by atoms with van der Waals surface area (Å²) in [5, 5.41) is 4.90. The second kappa shape index (κ2) is 8.09. The topological polar surface area (TPSA) is 54.8 Å². The molecule has 140 valence electrons. The predicted octanol–water partition coefficient (Wildman–Crippen LogP) is 4.06. The summed E-state index contributed by atoms with van der Waals surface area (Å²) in [6.07, 6.45) is 7.12. The fraction of sp³-hybridized carbons (Fsp3) is 0.381. The first-order valence-electron chi connectivity index (χ1n) is 9.36. The van der Waals surface area contributed by atoms with Crippen molar-refractivity contribution in [1.29, 1.82) is 0 Å². The van der Waals surface area contributed by atoms with E-state index in [0.29, 0.717) is 24.5 Å². The second-order valence-electron chi connectivity index (χ2n) is 7.15. The molecule has 0 radical (unpaired) electrons. The summed E-state index contributed by atoms with van der Waals surface area (Å²) in [5.41, 5.74) is 2.79. The fourth-order valence-corrected chi connectivity index (χ4v) is 3.65. The number of oxime groups is 1. The van der Waals surface area contributed by atoms with E-state index in [1.54, 1.807) is 12.4 Å². The molecule has 2 aromatic rings. The summed E-state index contributed by atoms with van der Waals surface area (Å²) in [4.78, 5) is 24.6. The predicted molar refractivity (Wildman–Crippen MR) is 104 cm³/mol. The van der Waals surface area contributed by atoms with Crippen molar-refractivity contribution in [3.63, 3.8) is 0 Å². The first kappa shape index (κ1) is 18.0. The minimum Gasteiger partial charge on any atom is -0.390 e. The number of carbonyl (C=O) groups excluding carboxylic acids is 1. The third kappa shape index (κ3) is 4.14. The van der Waals surface area contributed by atoms with Crippen LogP contribution < -0.4 is 0 Å². The minimum atomic E-state index is -0.147. The Labute approximate surface area is 164 Å². The average molecular weight is 384 g/mol. The summed E-state index contributed by atoms with van der Waals surface area (Å²) in [6.45, 7) is 1.00. The van der Waals surface area contributed by atoms with Gasteiger partial charge in [-0.1, -0.05) is 41.4 Å². The van der Waals surface area contributed by atoms with E-state index in [9.17, 15) is 4.79 Å². The molecule has 2 aliphatic rings. The molecule has 6 heteroatoms. The van der Waals surface area contributed by atoms with E-state index in [1.165, 1.54) is 0 Å². The lowest BCUT2D eigenvalue weighted by Crippen LogP contribution is -2.42. The highest BCUT2D eigenvalue weighted by Gasteiger charge is 2.33. The molecular formula is C21H22ClN3O2. The van der Waals surface area contributed by atoms with Crippen LogP contribution in [0.2, 0.25) is 5.02 Å². The van der Waals surface area contributed by atoms with Gasteiger partial charge in [0.25, 0.3) is 0 Å². The lowest BCUT2D eigenvalue weighted by atomic mass is 9.84. The van der Waals surface area contributed by atoms with Crippen LogP contribution in [0.1, 0.15) is 36.8 Å². The Morgan fingerprint density at radius 2 is 2.07 bits per heavy atom. The maximum Gasteiger partial charge on any atom is 0.226 e. The first-order valence-corrected chi connectivity index (χ1v) is 9.74. The van der Waals surface area contributed by atoms with Crippen molar-refractivity contribution in [2.75, 3.05) is 6.54 Å². The molecule has 1 fully saturated rings. The molecule has 0 unspecified atom stereocenters. The molecule has 5 nitrogen and oxygen atoms in total. The Balaban J connectivity index is 1.45. The van der Waals surface area contributed by atoms with Crippen LogP contribution in [0, 0.1) is 5.92 Å². The number of benzene rings is 1. The fourth-order valence-electron chi connectivity index (χ4n) is 3.45. The van der Waals surface area contributed by atoms with Crippen LogP contribution in [0.3, 0.4) is 0 Å². The molecule has 1 atom stereocenters. The Bertz CT molecular complexity index is 836. The normalized spacial score (nSPS) is 19.1. The number of aromatic nitrogens is 1. The van der Waals surface area contributed by atoms with Crippen molar-refractivity contribution in [3.8, 4) is 0 Å². The maximum atomic E-state index is 13.0. The largest absolute Gasteiger partial charge is 0.390 e. The molecule has 1 aromatic heterocycles. The van der Waals surface area contributed by atoms with E-state index < -0.39 is 0 Å². The quantitative estimate of drug-likeness (QED) is 0.755. The van der Waals surface area contributed by atoms with Gasteiger partial charge < -0.3 is 9.74 Å². The lowest BCUT2D eigenvalue weighted by Gasteiger charge is -2.33. The molecule has 27 heavy (non-hydrogen) atoms. The van der Waals surface area contributed by atoms with Gasteiger partial charge in [0, 0.05) is 41.9 Å². The Kier molecular flexibility index (Phi) is 5.39. The summed E-state index contributed by atoms with van der Waals surface area (Å²) >= 11 is 6.32. The van der Waals surface area contributed by atoms with Crippen LogP contribution in [0.15, 0.2) is 53.9 Å². The molecule has 1 amide bonds. The third-order valence-electron chi connectivity index (χ3n) is 5.24. The first-order chi connectivity index (χ1) is 13.2. The van der Waals surface area contributed by atoms with Gasteiger partial charge in [0.2, 0.25) is 5.91 Å². The molecule has 1 saturated carbocycles.